The lowest BCUT2D eigenvalue weighted by Crippen LogP contribution is -2.28. The standard InChI is InChI=1S/C23H31ClFN5O5S/c1-5-6-10-26-22(31)21-18(15(2)28-30(21)14-17(25)9-11-27-23(32)33)12-16-7-8-20(19(24)13-16)36(34,35)29(3)4/h7-9,13,27H,5-6,10-12,14H2,1-4H3,(H,26,31)(H,32,33)/b17-9-. The Bertz CT molecular complexity index is 1240. The van der Waals surface area contributed by atoms with E-state index in [9.17, 15) is 22.4 Å². The number of carbonyl (C=O) groups excluding carboxylic acids is 1. The van der Waals surface area contributed by atoms with E-state index in [1.54, 1.807) is 13.0 Å². The maximum absolute atomic E-state index is 14.5. The first kappa shape index (κ1) is 29.3. The Morgan fingerprint density at radius 2 is 1.97 bits per heavy atom. The van der Waals surface area contributed by atoms with E-state index in [4.69, 9.17) is 16.7 Å². The van der Waals surface area contributed by atoms with Gasteiger partial charge in [0.15, 0.2) is 0 Å². The predicted octanol–water partition coefficient (Wildman–Crippen LogP) is 3.34. The minimum absolute atomic E-state index is 0.0370. The number of aryl methyl sites for hydroxylation is 1. The number of allylic oxidation sites excluding steroid dienone is 1. The Morgan fingerprint density at radius 1 is 1.28 bits per heavy atom. The number of amides is 2. The molecule has 2 aromatic rings. The van der Waals surface area contributed by atoms with E-state index in [2.05, 4.69) is 10.4 Å². The van der Waals surface area contributed by atoms with Gasteiger partial charge in [-0.1, -0.05) is 31.0 Å². The molecule has 0 fully saturated rings. The molecular weight excluding hydrogens is 513 g/mol. The summed E-state index contributed by atoms with van der Waals surface area (Å²) in [5.74, 6) is -1.09. The highest BCUT2D eigenvalue weighted by Crippen LogP contribution is 2.27. The van der Waals surface area contributed by atoms with Crippen molar-refractivity contribution in [2.75, 3.05) is 27.2 Å². The monoisotopic (exact) mass is 543 g/mol. The number of sulfonamides is 1. The van der Waals surface area contributed by atoms with Gasteiger partial charge in [-0.3, -0.25) is 9.48 Å². The molecule has 0 aliphatic heterocycles. The van der Waals surface area contributed by atoms with Crippen LogP contribution in [0.4, 0.5) is 9.18 Å². The molecule has 3 N–H and O–H groups in total. The van der Waals surface area contributed by atoms with Gasteiger partial charge in [0, 0.05) is 39.2 Å². The lowest BCUT2D eigenvalue weighted by molar-refractivity contribution is 0.0941. The van der Waals surface area contributed by atoms with Crippen molar-refractivity contribution in [3.8, 4) is 0 Å². The van der Waals surface area contributed by atoms with Crippen molar-refractivity contribution < 1.29 is 27.5 Å². The lowest BCUT2D eigenvalue weighted by atomic mass is 10.0. The van der Waals surface area contributed by atoms with Crippen molar-refractivity contribution in [2.45, 2.75) is 44.6 Å². The molecule has 13 heteroatoms. The predicted molar refractivity (Wildman–Crippen MR) is 135 cm³/mol. The molecule has 0 spiro atoms. The molecule has 0 atom stereocenters. The number of hydrogen-bond acceptors (Lipinski definition) is 5. The average Bonchev–Trinajstić information content (AvgIpc) is 3.07. The van der Waals surface area contributed by atoms with Crippen molar-refractivity contribution in [3.63, 3.8) is 0 Å². The fourth-order valence-electron chi connectivity index (χ4n) is 3.38. The molecule has 36 heavy (non-hydrogen) atoms. The Balaban J connectivity index is 2.43. The zero-order valence-corrected chi connectivity index (χ0v) is 22.2. The van der Waals surface area contributed by atoms with Crippen LogP contribution in [-0.4, -0.2) is 66.8 Å². The second-order valence-electron chi connectivity index (χ2n) is 8.25. The summed E-state index contributed by atoms with van der Waals surface area (Å²) in [6.45, 7) is 3.52. The van der Waals surface area contributed by atoms with Crippen molar-refractivity contribution in [1.29, 1.82) is 0 Å². The van der Waals surface area contributed by atoms with E-state index >= 15 is 0 Å². The number of carboxylic acid groups (broad SMARTS) is 1. The molecule has 2 rings (SSSR count). The third-order valence-electron chi connectivity index (χ3n) is 5.30. The molecule has 0 radical (unpaired) electrons. The van der Waals surface area contributed by atoms with E-state index in [1.165, 1.54) is 30.9 Å². The minimum atomic E-state index is -3.73. The van der Waals surface area contributed by atoms with E-state index in [0.717, 1.165) is 23.2 Å². The molecule has 0 bridgehead atoms. The van der Waals surface area contributed by atoms with Crippen LogP contribution in [0.15, 0.2) is 35.0 Å². The number of halogens is 2. The van der Waals surface area contributed by atoms with Crippen LogP contribution in [0.2, 0.25) is 5.02 Å². The molecule has 10 nitrogen and oxygen atoms in total. The Hall–Kier alpha value is -2.96. The quantitative estimate of drug-likeness (QED) is 0.352. The van der Waals surface area contributed by atoms with Crippen molar-refractivity contribution in [1.82, 2.24) is 24.7 Å². The van der Waals surface area contributed by atoms with Gasteiger partial charge < -0.3 is 15.7 Å². The molecular formula is C23H31ClFN5O5S. The molecule has 0 unspecified atom stereocenters. The number of unbranched alkanes of at least 4 members (excludes halogenated alkanes) is 1. The molecule has 2 amide bonds. The van der Waals surface area contributed by atoms with Crippen LogP contribution < -0.4 is 10.6 Å². The second kappa shape index (κ2) is 12.8. The minimum Gasteiger partial charge on any atom is -0.465 e. The Morgan fingerprint density at radius 3 is 2.56 bits per heavy atom. The zero-order valence-electron chi connectivity index (χ0n) is 20.6. The van der Waals surface area contributed by atoms with Crippen molar-refractivity contribution in [2.24, 2.45) is 0 Å². The van der Waals surface area contributed by atoms with Crippen LogP contribution in [0, 0.1) is 6.92 Å². The van der Waals surface area contributed by atoms with E-state index in [0.29, 0.717) is 23.4 Å². The smallest absolute Gasteiger partial charge is 0.404 e. The number of nitrogens with zero attached hydrogens (tertiary/aromatic N) is 3. The fraction of sp³-hybridized carbons (Fsp3) is 0.435. The summed E-state index contributed by atoms with van der Waals surface area (Å²) in [7, 11) is -0.914. The fourth-order valence-corrected chi connectivity index (χ4v) is 4.82. The summed E-state index contributed by atoms with van der Waals surface area (Å²) in [5, 5.41) is 17.9. The first-order valence-electron chi connectivity index (χ1n) is 11.2. The molecule has 1 aromatic carbocycles. The summed E-state index contributed by atoms with van der Waals surface area (Å²) >= 11 is 6.28. The van der Waals surface area contributed by atoms with Crippen LogP contribution in [0.25, 0.3) is 0 Å². The molecule has 0 aliphatic carbocycles. The maximum atomic E-state index is 14.5. The summed E-state index contributed by atoms with van der Waals surface area (Å²) in [6, 6.07) is 4.53. The molecule has 1 heterocycles. The molecule has 0 saturated carbocycles. The van der Waals surface area contributed by atoms with Gasteiger partial charge in [0.2, 0.25) is 10.0 Å². The molecule has 1 aromatic heterocycles. The Labute approximate surface area is 215 Å². The summed E-state index contributed by atoms with van der Waals surface area (Å²) < 4.78 is 41.7. The van der Waals surface area contributed by atoms with Crippen LogP contribution in [0.1, 0.15) is 47.1 Å². The van der Waals surface area contributed by atoms with Crippen LogP contribution >= 0.6 is 11.6 Å². The number of nitrogens with one attached hydrogen (secondary N) is 2. The zero-order chi connectivity index (χ0) is 27.0. The molecule has 198 valence electrons. The highest BCUT2D eigenvalue weighted by atomic mass is 35.5. The first-order valence-corrected chi connectivity index (χ1v) is 13.1. The second-order valence-corrected chi connectivity index (χ2v) is 10.8. The summed E-state index contributed by atoms with van der Waals surface area (Å²) in [5.41, 5.74) is 1.84. The highest BCUT2D eigenvalue weighted by molar-refractivity contribution is 7.89. The maximum Gasteiger partial charge on any atom is 0.404 e. The Kier molecular flexibility index (Phi) is 10.4. The summed E-state index contributed by atoms with van der Waals surface area (Å²) in [6.07, 6.45) is 1.62. The van der Waals surface area contributed by atoms with Crippen LogP contribution in [-0.2, 0) is 23.0 Å². The topological polar surface area (TPSA) is 134 Å². The largest absolute Gasteiger partial charge is 0.465 e. The first-order chi connectivity index (χ1) is 16.9. The van der Waals surface area contributed by atoms with Gasteiger partial charge >= 0.3 is 6.09 Å². The third-order valence-corrected chi connectivity index (χ3v) is 7.59. The van der Waals surface area contributed by atoms with E-state index in [1.807, 2.05) is 12.2 Å². The number of rotatable bonds is 12. The van der Waals surface area contributed by atoms with Gasteiger partial charge in [0.05, 0.1) is 17.3 Å². The van der Waals surface area contributed by atoms with Crippen molar-refractivity contribution >= 4 is 33.6 Å². The van der Waals surface area contributed by atoms with Gasteiger partial charge in [0.1, 0.15) is 16.4 Å². The summed E-state index contributed by atoms with van der Waals surface area (Å²) in [4.78, 5) is 23.6. The van der Waals surface area contributed by atoms with E-state index < -0.39 is 27.9 Å². The highest BCUT2D eigenvalue weighted by Gasteiger charge is 2.24. The number of carbonyl (C=O) groups is 2. The SMILES string of the molecule is CCCCNC(=O)c1c(Cc2ccc(S(=O)(=O)N(C)C)c(Cl)c2)c(C)nn1C/C(F)=C/CNC(=O)O. The number of hydrogen-bond donors (Lipinski definition) is 3. The van der Waals surface area contributed by atoms with Gasteiger partial charge in [-0.25, -0.2) is 21.9 Å². The van der Waals surface area contributed by atoms with Gasteiger partial charge in [-0.15, -0.1) is 0 Å². The molecule has 0 saturated heterocycles. The average molecular weight is 544 g/mol. The lowest BCUT2D eigenvalue weighted by Gasteiger charge is -2.14. The third kappa shape index (κ3) is 7.52. The van der Waals surface area contributed by atoms with Gasteiger partial charge in [0.25, 0.3) is 5.91 Å². The normalized spacial score (nSPS) is 12.1. The van der Waals surface area contributed by atoms with Crippen molar-refractivity contribution in [3.05, 3.63) is 57.6 Å². The van der Waals surface area contributed by atoms with Crippen LogP contribution in [0.3, 0.4) is 0 Å². The van der Waals surface area contributed by atoms with Gasteiger partial charge in [-0.2, -0.15) is 5.10 Å². The van der Waals surface area contributed by atoms with Gasteiger partial charge in [-0.05, 0) is 37.1 Å². The van der Waals surface area contributed by atoms with Crippen LogP contribution in [0.5, 0.6) is 0 Å². The van der Waals surface area contributed by atoms with E-state index in [-0.39, 0.29) is 35.1 Å². The number of aromatic nitrogens is 2. The number of benzene rings is 1. The molecule has 0 aliphatic rings.